The molecule has 1 aliphatic rings. The van der Waals surface area contributed by atoms with Gasteiger partial charge in [-0.1, -0.05) is 44.5 Å². The first-order valence-electron chi connectivity index (χ1n) is 6.70. The highest BCUT2D eigenvalue weighted by Crippen LogP contribution is 2.40. The number of carbonyl (C=O) groups is 2. The van der Waals surface area contributed by atoms with Gasteiger partial charge in [-0.2, -0.15) is 0 Å². The van der Waals surface area contributed by atoms with Crippen molar-refractivity contribution >= 4 is 12.1 Å². The maximum Gasteiger partial charge on any atom is 0.202 e. The highest BCUT2D eigenvalue weighted by atomic mass is 16.2. The van der Waals surface area contributed by atoms with Crippen molar-refractivity contribution < 1.29 is 9.59 Å². The topological polar surface area (TPSA) is 34.1 Å². The van der Waals surface area contributed by atoms with Crippen LogP contribution in [0.1, 0.15) is 43.7 Å². The minimum absolute atomic E-state index is 0.197. The first-order valence-corrected chi connectivity index (χ1v) is 6.70. The summed E-state index contributed by atoms with van der Waals surface area (Å²) in [5, 5.41) is 0. The third kappa shape index (κ3) is 2.53. The average Bonchev–Trinajstić information content (AvgIpc) is 2.73. The molecule has 0 radical (unpaired) electrons. The summed E-state index contributed by atoms with van der Waals surface area (Å²) in [6.45, 7) is 4.39. The Kier molecular flexibility index (Phi) is 3.95. The Balaban J connectivity index is 2.22. The Morgan fingerprint density at radius 1 is 1.39 bits per heavy atom. The van der Waals surface area contributed by atoms with Gasteiger partial charge in [0.05, 0.1) is 5.92 Å². The number of hydrogen-bond donors (Lipinski definition) is 0. The molecule has 0 heterocycles. The Bertz CT molecular complexity index is 448. The fourth-order valence-electron chi connectivity index (χ4n) is 2.95. The molecule has 0 fully saturated rings. The van der Waals surface area contributed by atoms with E-state index in [2.05, 4.69) is 19.9 Å². The highest BCUT2D eigenvalue weighted by molar-refractivity contribution is 6.28. The van der Waals surface area contributed by atoms with Gasteiger partial charge in [0.2, 0.25) is 5.78 Å². The summed E-state index contributed by atoms with van der Waals surface area (Å²) in [7, 11) is 0. The number of Topliss-reactive ketones (excluding diaryl/α,β-unsaturated/α-hetero) is 1. The summed E-state index contributed by atoms with van der Waals surface area (Å²) < 4.78 is 0. The minimum Gasteiger partial charge on any atom is -0.295 e. The van der Waals surface area contributed by atoms with Crippen LogP contribution in [0, 0.1) is 11.8 Å². The SMILES string of the molecule is CC(C)CCC1Cc2ccccc2C1C(=O)C=O. The molecule has 18 heavy (non-hydrogen) atoms. The summed E-state index contributed by atoms with van der Waals surface area (Å²) in [4.78, 5) is 22.7. The molecule has 0 bridgehead atoms. The molecule has 0 spiro atoms. The van der Waals surface area contributed by atoms with Gasteiger partial charge in [-0.15, -0.1) is 0 Å². The van der Waals surface area contributed by atoms with Gasteiger partial charge in [0.1, 0.15) is 0 Å². The summed E-state index contributed by atoms with van der Waals surface area (Å²) in [6, 6.07) is 8.04. The number of ketones is 1. The summed E-state index contributed by atoms with van der Waals surface area (Å²) >= 11 is 0. The lowest BCUT2D eigenvalue weighted by Gasteiger charge is -2.18. The van der Waals surface area contributed by atoms with E-state index >= 15 is 0 Å². The maximum absolute atomic E-state index is 11.9. The largest absolute Gasteiger partial charge is 0.295 e. The number of carbonyl (C=O) groups excluding carboxylic acids is 2. The van der Waals surface area contributed by atoms with Gasteiger partial charge in [-0.3, -0.25) is 9.59 Å². The zero-order valence-electron chi connectivity index (χ0n) is 11.1. The molecule has 1 aromatic carbocycles. The van der Waals surface area contributed by atoms with E-state index in [4.69, 9.17) is 0 Å². The number of benzene rings is 1. The van der Waals surface area contributed by atoms with E-state index in [1.807, 2.05) is 18.2 Å². The molecular weight excluding hydrogens is 224 g/mol. The Labute approximate surface area is 108 Å². The molecule has 1 aromatic rings. The lowest BCUT2D eigenvalue weighted by Crippen LogP contribution is -2.19. The Hall–Kier alpha value is -1.44. The first kappa shape index (κ1) is 13.0. The molecule has 0 amide bonds. The van der Waals surface area contributed by atoms with E-state index in [9.17, 15) is 9.59 Å². The lowest BCUT2D eigenvalue weighted by atomic mass is 9.84. The van der Waals surface area contributed by atoms with Crippen molar-refractivity contribution in [3.05, 3.63) is 35.4 Å². The van der Waals surface area contributed by atoms with Crippen molar-refractivity contribution in [1.82, 2.24) is 0 Å². The van der Waals surface area contributed by atoms with Crippen molar-refractivity contribution in [3.8, 4) is 0 Å². The summed E-state index contributed by atoms with van der Waals surface area (Å²) in [6.07, 6.45) is 3.57. The fraction of sp³-hybridized carbons (Fsp3) is 0.500. The van der Waals surface area contributed by atoms with Crippen molar-refractivity contribution in [2.45, 2.75) is 39.0 Å². The van der Waals surface area contributed by atoms with Gasteiger partial charge in [0.15, 0.2) is 6.29 Å². The lowest BCUT2D eigenvalue weighted by molar-refractivity contribution is -0.131. The molecule has 2 unspecified atom stereocenters. The number of hydrogen-bond acceptors (Lipinski definition) is 2. The summed E-state index contributed by atoms with van der Waals surface area (Å²) in [5.41, 5.74) is 2.31. The number of rotatable bonds is 5. The van der Waals surface area contributed by atoms with Crippen LogP contribution < -0.4 is 0 Å². The maximum atomic E-state index is 11.9. The van der Waals surface area contributed by atoms with Gasteiger partial charge in [-0.05, 0) is 35.8 Å². The Morgan fingerprint density at radius 2 is 2.11 bits per heavy atom. The standard InChI is InChI=1S/C16H20O2/c1-11(2)7-8-13-9-12-5-3-4-6-14(12)16(13)15(18)10-17/h3-6,10-11,13,16H,7-9H2,1-2H3. The van der Waals surface area contributed by atoms with Gasteiger partial charge in [-0.25, -0.2) is 0 Å². The van der Waals surface area contributed by atoms with Gasteiger partial charge in [0.25, 0.3) is 0 Å². The molecule has 0 aliphatic heterocycles. The molecule has 1 aliphatic carbocycles. The van der Waals surface area contributed by atoms with Crippen LogP contribution >= 0.6 is 0 Å². The minimum atomic E-state index is -0.256. The van der Waals surface area contributed by atoms with E-state index in [1.54, 1.807) is 0 Å². The van der Waals surface area contributed by atoms with Crippen LogP contribution in [0.5, 0.6) is 0 Å². The second-order valence-electron chi connectivity index (χ2n) is 5.63. The van der Waals surface area contributed by atoms with Crippen LogP contribution in [-0.2, 0) is 16.0 Å². The fourth-order valence-corrected chi connectivity index (χ4v) is 2.95. The molecule has 2 heteroatoms. The van der Waals surface area contributed by atoms with Crippen LogP contribution in [-0.4, -0.2) is 12.1 Å². The zero-order chi connectivity index (χ0) is 13.1. The third-order valence-corrected chi connectivity index (χ3v) is 3.88. The van der Waals surface area contributed by atoms with Gasteiger partial charge >= 0.3 is 0 Å². The third-order valence-electron chi connectivity index (χ3n) is 3.88. The second kappa shape index (κ2) is 5.47. The van der Waals surface area contributed by atoms with Crippen molar-refractivity contribution in [2.75, 3.05) is 0 Å². The molecule has 2 nitrogen and oxygen atoms in total. The van der Waals surface area contributed by atoms with Crippen LogP contribution in [0.25, 0.3) is 0 Å². The molecule has 0 aromatic heterocycles. The van der Waals surface area contributed by atoms with Crippen molar-refractivity contribution in [2.24, 2.45) is 11.8 Å². The summed E-state index contributed by atoms with van der Waals surface area (Å²) in [5.74, 6) is 0.495. The number of aldehydes is 1. The smallest absolute Gasteiger partial charge is 0.202 e. The second-order valence-corrected chi connectivity index (χ2v) is 5.63. The van der Waals surface area contributed by atoms with Crippen molar-refractivity contribution in [3.63, 3.8) is 0 Å². The van der Waals surface area contributed by atoms with Gasteiger partial charge < -0.3 is 0 Å². The quantitative estimate of drug-likeness (QED) is 0.589. The molecule has 0 saturated heterocycles. The van der Waals surface area contributed by atoms with E-state index in [0.717, 1.165) is 24.8 Å². The highest BCUT2D eigenvalue weighted by Gasteiger charge is 2.36. The number of fused-ring (bicyclic) bond motifs is 1. The van der Waals surface area contributed by atoms with E-state index < -0.39 is 0 Å². The van der Waals surface area contributed by atoms with Crippen LogP contribution in [0.15, 0.2) is 24.3 Å². The van der Waals surface area contributed by atoms with E-state index in [1.165, 1.54) is 5.56 Å². The molecule has 0 N–H and O–H groups in total. The Morgan fingerprint density at radius 3 is 2.78 bits per heavy atom. The van der Waals surface area contributed by atoms with Crippen LogP contribution in [0.4, 0.5) is 0 Å². The zero-order valence-corrected chi connectivity index (χ0v) is 11.1. The molecule has 2 rings (SSSR count). The predicted octanol–water partition coefficient (Wildman–Crippen LogP) is 3.15. The molecule has 0 saturated carbocycles. The predicted molar refractivity (Wildman–Crippen MR) is 71.5 cm³/mol. The van der Waals surface area contributed by atoms with Crippen molar-refractivity contribution in [1.29, 1.82) is 0 Å². The van der Waals surface area contributed by atoms with Gasteiger partial charge in [0, 0.05) is 0 Å². The molecular formula is C16H20O2. The normalized spacial score (nSPS) is 21.9. The van der Waals surface area contributed by atoms with E-state index in [0.29, 0.717) is 18.1 Å². The average molecular weight is 244 g/mol. The van der Waals surface area contributed by atoms with Crippen LogP contribution in [0.2, 0.25) is 0 Å². The van der Waals surface area contributed by atoms with Crippen LogP contribution in [0.3, 0.4) is 0 Å². The first-order chi connectivity index (χ1) is 8.63. The van der Waals surface area contributed by atoms with E-state index in [-0.39, 0.29) is 11.7 Å². The monoisotopic (exact) mass is 244 g/mol. The molecule has 2 atom stereocenters. The molecule has 96 valence electrons.